The summed E-state index contributed by atoms with van der Waals surface area (Å²) < 4.78 is 18.5. The number of carbonyl (C=O) groups excluding carboxylic acids is 2. The number of ether oxygens (including phenoxy) is 2. The average Bonchev–Trinajstić information content (AvgIpc) is 3.57. The summed E-state index contributed by atoms with van der Waals surface area (Å²) in [6.07, 6.45) is 3.43. The Bertz CT molecular complexity index is 1850. The van der Waals surface area contributed by atoms with Crippen molar-refractivity contribution >= 4 is 41.0 Å². The second-order valence-electron chi connectivity index (χ2n) is 9.59. The fraction of sp³-hybridized carbons (Fsp3) is 0.250. The van der Waals surface area contributed by atoms with Gasteiger partial charge in [0.15, 0.2) is 4.80 Å². The van der Waals surface area contributed by atoms with E-state index in [0.717, 1.165) is 18.4 Å². The molecule has 0 saturated heterocycles. The fourth-order valence-electron chi connectivity index (χ4n) is 4.66. The van der Waals surface area contributed by atoms with Crippen molar-refractivity contribution in [1.82, 2.24) is 4.57 Å². The molecule has 0 bridgehead atoms. The van der Waals surface area contributed by atoms with Crippen molar-refractivity contribution in [3.8, 4) is 11.3 Å². The molecule has 2 aromatic heterocycles. The number of thiazole rings is 1. The highest BCUT2D eigenvalue weighted by atomic mass is 35.5. The van der Waals surface area contributed by atoms with Crippen molar-refractivity contribution in [2.75, 3.05) is 13.2 Å². The summed E-state index contributed by atoms with van der Waals surface area (Å²) in [6, 6.07) is 16.8. The third-order valence-electron chi connectivity index (χ3n) is 6.75. The van der Waals surface area contributed by atoms with Gasteiger partial charge in [0.1, 0.15) is 17.6 Å². The molecular weight excluding hydrogens is 576 g/mol. The normalized spacial score (nSPS) is 14.9. The molecule has 10 heteroatoms. The van der Waals surface area contributed by atoms with Gasteiger partial charge in [-0.2, -0.15) is 0 Å². The molecule has 8 nitrogen and oxygen atoms in total. The molecule has 0 amide bonds. The van der Waals surface area contributed by atoms with Crippen molar-refractivity contribution in [2.24, 2.45) is 4.99 Å². The van der Waals surface area contributed by atoms with Crippen LogP contribution in [0, 0.1) is 0 Å². The van der Waals surface area contributed by atoms with Crippen LogP contribution in [0.4, 0.5) is 0 Å². The minimum Gasteiger partial charge on any atom is -0.463 e. The molecule has 0 saturated carbocycles. The number of unbranched alkanes of at least 4 members (excludes halogenated alkanes) is 1. The largest absolute Gasteiger partial charge is 0.463 e. The molecule has 0 fully saturated rings. The molecule has 0 N–H and O–H groups in total. The number of rotatable bonds is 9. The Balaban J connectivity index is 1.49. The van der Waals surface area contributed by atoms with Gasteiger partial charge in [-0.25, -0.2) is 14.6 Å². The summed E-state index contributed by atoms with van der Waals surface area (Å²) in [6.45, 7) is 6.06. The molecule has 0 spiro atoms. The first kappa shape index (κ1) is 29.3. The molecule has 1 aliphatic rings. The van der Waals surface area contributed by atoms with Crippen molar-refractivity contribution in [2.45, 2.75) is 39.7 Å². The second kappa shape index (κ2) is 12.8. The van der Waals surface area contributed by atoms with Crippen LogP contribution in [0.15, 0.2) is 86.1 Å². The lowest BCUT2D eigenvalue weighted by molar-refractivity contribution is -0.139. The molecule has 0 radical (unpaired) electrons. The lowest BCUT2D eigenvalue weighted by atomic mass is 9.96. The number of furan rings is 1. The Morgan fingerprint density at radius 2 is 1.81 bits per heavy atom. The second-order valence-corrected chi connectivity index (χ2v) is 11.0. The zero-order valence-corrected chi connectivity index (χ0v) is 25.0. The molecule has 1 atom stereocenters. The van der Waals surface area contributed by atoms with Crippen LogP contribution in [0.5, 0.6) is 0 Å². The Morgan fingerprint density at radius 1 is 1.05 bits per heavy atom. The van der Waals surface area contributed by atoms with Crippen molar-refractivity contribution in [3.63, 3.8) is 0 Å². The third kappa shape index (κ3) is 5.89. The first-order valence-electron chi connectivity index (χ1n) is 13.6. The first-order chi connectivity index (χ1) is 20.3. The molecule has 42 heavy (non-hydrogen) atoms. The summed E-state index contributed by atoms with van der Waals surface area (Å²) in [5, 5.41) is 0.421. The maximum Gasteiger partial charge on any atom is 0.338 e. The number of halogens is 1. The lowest BCUT2D eigenvalue weighted by Gasteiger charge is -2.25. The molecular formula is C32H29ClN2O6S. The highest BCUT2D eigenvalue weighted by Gasteiger charge is 2.34. The van der Waals surface area contributed by atoms with Crippen LogP contribution in [0.25, 0.3) is 17.4 Å². The minimum atomic E-state index is -0.796. The predicted octanol–water partition coefficient (Wildman–Crippen LogP) is 5.67. The third-order valence-corrected chi connectivity index (χ3v) is 8.08. The van der Waals surface area contributed by atoms with Gasteiger partial charge in [0.2, 0.25) is 0 Å². The molecule has 216 valence electrons. The minimum absolute atomic E-state index is 0.182. The molecule has 0 aliphatic carbocycles. The summed E-state index contributed by atoms with van der Waals surface area (Å²) in [7, 11) is 0. The highest BCUT2D eigenvalue weighted by Crippen LogP contribution is 2.34. The van der Waals surface area contributed by atoms with Crippen LogP contribution >= 0.6 is 22.9 Å². The van der Waals surface area contributed by atoms with E-state index in [9.17, 15) is 14.4 Å². The van der Waals surface area contributed by atoms with E-state index in [1.807, 2.05) is 13.0 Å². The quantitative estimate of drug-likeness (QED) is 0.180. The summed E-state index contributed by atoms with van der Waals surface area (Å²) in [5.74, 6) is 0.138. The van der Waals surface area contributed by atoms with Crippen LogP contribution in [-0.2, 0) is 14.3 Å². The highest BCUT2D eigenvalue weighted by molar-refractivity contribution is 7.07. The molecule has 0 unspecified atom stereocenters. The standard InChI is InChI=1S/C32H29ClN2O6S/c1-4-6-17-40-30(37)21-13-11-20(12-14-21)25-16-15-22(41-25)18-26-29(36)35-28(23-9-7-8-10-24(23)33)27(31(38)39-5-2)19(3)34-32(35)42-26/h7-16,18,28H,4-6,17H2,1-3H3/b26-18-/t28-/m0/s1. The van der Waals surface area contributed by atoms with Crippen LogP contribution in [0.1, 0.15) is 61.3 Å². The Kier molecular flexibility index (Phi) is 8.89. The number of hydrogen-bond donors (Lipinski definition) is 0. The first-order valence-corrected chi connectivity index (χ1v) is 14.8. The van der Waals surface area contributed by atoms with Crippen molar-refractivity contribution < 1.29 is 23.5 Å². The van der Waals surface area contributed by atoms with Gasteiger partial charge in [-0.3, -0.25) is 9.36 Å². The van der Waals surface area contributed by atoms with Gasteiger partial charge in [0, 0.05) is 16.7 Å². The summed E-state index contributed by atoms with van der Waals surface area (Å²) >= 11 is 7.76. The number of carbonyl (C=O) groups is 2. The van der Waals surface area contributed by atoms with E-state index < -0.39 is 12.0 Å². The zero-order valence-electron chi connectivity index (χ0n) is 23.4. The van der Waals surface area contributed by atoms with Gasteiger partial charge in [0.25, 0.3) is 5.56 Å². The van der Waals surface area contributed by atoms with Gasteiger partial charge in [-0.1, -0.05) is 66.6 Å². The van der Waals surface area contributed by atoms with Crippen molar-refractivity contribution in [3.05, 3.63) is 114 Å². The Morgan fingerprint density at radius 3 is 2.52 bits per heavy atom. The van der Waals surface area contributed by atoms with E-state index in [2.05, 4.69) is 4.99 Å². The maximum absolute atomic E-state index is 13.8. The van der Waals surface area contributed by atoms with Crippen LogP contribution in [-0.4, -0.2) is 29.7 Å². The number of allylic oxidation sites excluding steroid dienone is 1. The molecule has 1 aliphatic heterocycles. The zero-order chi connectivity index (χ0) is 29.8. The molecule has 4 aromatic rings. The summed E-state index contributed by atoms with van der Waals surface area (Å²) in [4.78, 5) is 44.1. The topological polar surface area (TPSA) is 100 Å². The number of esters is 2. The van der Waals surface area contributed by atoms with Gasteiger partial charge in [0.05, 0.1) is 34.6 Å². The number of aromatic nitrogens is 1. The number of hydrogen-bond acceptors (Lipinski definition) is 8. The Labute approximate surface area is 251 Å². The van der Waals surface area contributed by atoms with Crippen LogP contribution in [0.2, 0.25) is 5.02 Å². The number of nitrogens with zero attached hydrogens (tertiary/aromatic N) is 2. The van der Waals surface area contributed by atoms with Gasteiger partial charge >= 0.3 is 11.9 Å². The molecule has 5 rings (SSSR count). The smallest absolute Gasteiger partial charge is 0.338 e. The lowest BCUT2D eigenvalue weighted by Crippen LogP contribution is -2.40. The Hall–Kier alpha value is -4.21. The fourth-order valence-corrected chi connectivity index (χ4v) is 5.93. The van der Waals surface area contributed by atoms with Gasteiger partial charge < -0.3 is 13.9 Å². The van der Waals surface area contributed by atoms with E-state index in [1.165, 1.54) is 15.9 Å². The predicted molar refractivity (Wildman–Crippen MR) is 161 cm³/mol. The van der Waals surface area contributed by atoms with E-state index in [1.54, 1.807) is 74.5 Å². The molecule has 2 aromatic carbocycles. The SMILES string of the molecule is CCCCOC(=O)c1ccc(-c2ccc(/C=c3\sc4n(c3=O)[C@@H](c3ccccc3Cl)C(C(=O)OCC)=C(C)N=4)o2)cc1. The number of benzene rings is 2. The number of fused-ring (bicyclic) bond motifs is 1. The van der Waals surface area contributed by atoms with Crippen molar-refractivity contribution in [1.29, 1.82) is 0 Å². The van der Waals surface area contributed by atoms with E-state index >= 15 is 0 Å². The summed E-state index contributed by atoms with van der Waals surface area (Å²) in [5.41, 5.74) is 2.23. The van der Waals surface area contributed by atoms with E-state index in [0.29, 0.717) is 49.3 Å². The van der Waals surface area contributed by atoms with E-state index in [4.69, 9.17) is 25.5 Å². The maximum atomic E-state index is 13.8. The van der Waals surface area contributed by atoms with Crippen LogP contribution < -0.4 is 14.9 Å². The van der Waals surface area contributed by atoms with E-state index in [-0.39, 0.29) is 23.7 Å². The molecule has 3 heterocycles. The van der Waals surface area contributed by atoms with Gasteiger partial charge in [-0.05, 0) is 56.2 Å². The van der Waals surface area contributed by atoms with Gasteiger partial charge in [-0.15, -0.1) is 0 Å². The average molecular weight is 605 g/mol. The monoisotopic (exact) mass is 604 g/mol. The van der Waals surface area contributed by atoms with Crippen LogP contribution in [0.3, 0.4) is 0 Å².